The maximum absolute atomic E-state index is 12.4. The molecule has 3 heteroatoms. The molecule has 1 amide bonds. The van der Waals surface area contributed by atoms with Gasteiger partial charge in [-0.25, -0.2) is 0 Å². The van der Waals surface area contributed by atoms with Crippen molar-refractivity contribution in [3.63, 3.8) is 0 Å². The highest BCUT2D eigenvalue weighted by Gasteiger charge is 2.19. The van der Waals surface area contributed by atoms with Crippen LogP contribution in [0.3, 0.4) is 0 Å². The summed E-state index contributed by atoms with van der Waals surface area (Å²) in [6.07, 6.45) is 2.27. The minimum atomic E-state index is 0.234. The van der Waals surface area contributed by atoms with Gasteiger partial charge in [-0.05, 0) is 41.7 Å². The summed E-state index contributed by atoms with van der Waals surface area (Å²) >= 11 is 0. The molecule has 1 aliphatic rings. The fourth-order valence-corrected chi connectivity index (χ4v) is 2.95. The van der Waals surface area contributed by atoms with Gasteiger partial charge in [-0.2, -0.15) is 0 Å². The average molecular weight is 295 g/mol. The number of hydrogen-bond acceptors (Lipinski definition) is 2. The normalized spacial score (nSPS) is 13.6. The minimum Gasteiger partial charge on any atom is -0.497 e. The third-order valence-corrected chi connectivity index (χ3v) is 4.25. The Morgan fingerprint density at radius 3 is 2.77 bits per heavy atom. The Morgan fingerprint density at radius 2 is 1.95 bits per heavy atom. The first-order chi connectivity index (χ1) is 10.8. The first kappa shape index (κ1) is 14.6. The lowest BCUT2D eigenvalue weighted by atomic mass is 9.99. The average Bonchev–Trinajstić information content (AvgIpc) is 2.59. The standard InChI is InChI=1S/C19H21NO2/c1-22-18-8-4-5-15(13-18)9-10-19(21)20-12-11-16-6-2-3-7-17(16)14-20/h2-8,13H,9-12,14H2,1H3. The lowest BCUT2D eigenvalue weighted by Gasteiger charge is -2.29. The van der Waals surface area contributed by atoms with Gasteiger partial charge >= 0.3 is 0 Å². The van der Waals surface area contributed by atoms with Crippen molar-refractivity contribution in [2.75, 3.05) is 13.7 Å². The van der Waals surface area contributed by atoms with Crippen LogP contribution in [0.4, 0.5) is 0 Å². The maximum atomic E-state index is 12.4. The molecule has 2 aromatic carbocycles. The quantitative estimate of drug-likeness (QED) is 0.867. The van der Waals surface area contributed by atoms with Crippen molar-refractivity contribution in [2.45, 2.75) is 25.8 Å². The summed E-state index contributed by atoms with van der Waals surface area (Å²) < 4.78 is 5.22. The van der Waals surface area contributed by atoms with Gasteiger partial charge in [0, 0.05) is 19.5 Å². The zero-order valence-electron chi connectivity index (χ0n) is 12.9. The predicted molar refractivity (Wildman–Crippen MR) is 86.9 cm³/mol. The monoisotopic (exact) mass is 295 g/mol. The third-order valence-electron chi connectivity index (χ3n) is 4.25. The molecule has 2 aromatic rings. The van der Waals surface area contributed by atoms with Crippen molar-refractivity contribution in [3.8, 4) is 5.75 Å². The molecule has 22 heavy (non-hydrogen) atoms. The first-order valence-electron chi connectivity index (χ1n) is 7.74. The SMILES string of the molecule is COc1cccc(CCC(=O)N2CCc3ccccc3C2)c1. The number of nitrogens with zero attached hydrogens (tertiary/aromatic N) is 1. The highest BCUT2D eigenvalue weighted by atomic mass is 16.5. The van der Waals surface area contributed by atoms with Gasteiger partial charge in [0.2, 0.25) is 5.91 Å². The summed E-state index contributed by atoms with van der Waals surface area (Å²) in [5, 5.41) is 0. The molecule has 1 aliphatic heterocycles. The highest BCUT2D eigenvalue weighted by Crippen LogP contribution is 2.20. The summed E-state index contributed by atoms with van der Waals surface area (Å²) in [5.41, 5.74) is 3.80. The first-order valence-corrected chi connectivity index (χ1v) is 7.74. The molecule has 1 heterocycles. The number of aryl methyl sites for hydroxylation is 1. The van der Waals surface area contributed by atoms with Crippen molar-refractivity contribution in [1.82, 2.24) is 4.90 Å². The zero-order chi connectivity index (χ0) is 15.4. The van der Waals surface area contributed by atoms with Crippen LogP contribution in [-0.2, 0) is 24.2 Å². The predicted octanol–water partition coefficient (Wildman–Crippen LogP) is 3.21. The lowest BCUT2D eigenvalue weighted by molar-refractivity contribution is -0.132. The van der Waals surface area contributed by atoms with Crippen molar-refractivity contribution >= 4 is 5.91 Å². The molecule has 0 saturated heterocycles. The summed E-state index contributed by atoms with van der Waals surface area (Å²) in [4.78, 5) is 14.4. The molecule has 0 fully saturated rings. The van der Waals surface area contributed by atoms with Gasteiger partial charge in [0.05, 0.1) is 7.11 Å². The van der Waals surface area contributed by atoms with Gasteiger partial charge in [0.1, 0.15) is 5.75 Å². The van der Waals surface area contributed by atoms with Crippen LogP contribution in [0.2, 0.25) is 0 Å². The molecule has 0 aliphatic carbocycles. The van der Waals surface area contributed by atoms with Crippen molar-refractivity contribution < 1.29 is 9.53 Å². The van der Waals surface area contributed by atoms with E-state index in [9.17, 15) is 4.79 Å². The Balaban J connectivity index is 1.59. The minimum absolute atomic E-state index is 0.234. The topological polar surface area (TPSA) is 29.5 Å². The molecule has 0 atom stereocenters. The van der Waals surface area contributed by atoms with E-state index in [-0.39, 0.29) is 5.91 Å². The number of carbonyl (C=O) groups excluding carboxylic acids is 1. The number of benzene rings is 2. The summed E-state index contributed by atoms with van der Waals surface area (Å²) in [6.45, 7) is 1.57. The number of amides is 1. The molecular formula is C19H21NO2. The van der Waals surface area contributed by atoms with Crippen molar-refractivity contribution in [3.05, 3.63) is 65.2 Å². The molecular weight excluding hydrogens is 274 g/mol. The highest BCUT2D eigenvalue weighted by molar-refractivity contribution is 5.76. The van der Waals surface area contributed by atoms with Gasteiger partial charge < -0.3 is 9.64 Å². The Labute approximate surface area is 131 Å². The summed E-state index contributed by atoms with van der Waals surface area (Å²) in [6, 6.07) is 16.3. The number of rotatable bonds is 4. The van der Waals surface area contributed by atoms with Gasteiger partial charge in [-0.1, -0.05) is 36.4 Å². The van der Waals surface area contributed by atoms with Crippen LogP contribution in [0.25, 0.3) is 0 Å². The number of ether oxygens (including phenoxy) is 1. The number of fused-ring (bicyclic) bond motifs is 1. The van der Waals surface area contributed by atoms with E-state index in [0.717, 1.165) is 37.2 Å². The van der Waals surface area contributed by atoms with Crippen molar-refractivity contribution in [2.24, 2.45) is 0 Å². The molecule has 3 nitrogen and oxygen atoms in total. The lowest BCUT2D eigenvalue weighted by Crippen LogP contribution is -2.36. The van der Waals surface area contributed by atoms with Gasteiger partial charge in [-0.3, -0.25) is 4.79 Å². The molecule has 3 rings (SSSR count). The van der Waals surface area contributed by atoms with E-state index in [4.69, 9.17) is 4.74 Å². The molecule has 0 spiro atoms. The molecule has 0 saturated carbocycles. The zero-order valence-corrected chi connectivity index (χ0v) is 12.9. The van der Waals surface area contributed by atoms with Crippen LogP contribution < -0.4 is 4.74 Å². The maximum Gasteiger partial charge on any atom is 0.223 e. The van der Waals surface area contributed by atoms with E-state index in [0.29, 0.717) is 6.42 Å². The van der Waals surface area contributed by atoms with E-state index < -0.39 is 0 Å². The number of methoxy groups -OCH3 is 1. The largest absolute Gasteiger partial charge is 0.497 e. The molecule has 0 radical (unpaired) electrons. The van der Waals surface area contributed by atoms with E-state index in [1.807, 2.05) is 35.2 Å². The van der Waals surface area contributed by atoms with Crippen LogP contribution in [0.5, 0.6) is 5.75 Å². The Kier molecular flexibility index (Phi) is 4.42. The second-order valence-corrected chi connectivity index (χ2v) is 5.69. The van der Waals surface area contributed by atoms with Crippen molar-refractivity contribution in [1.29, 1.82) is 0 Å². The number of hydrogen-bond donors (Lipinski definition) is 0. The molecule has 0 unspecified atom stereocenters. The van der Waals surface area contributed by atoms with E-state index >= 15 is 0 Å². The van der Waals surface area contributed by atoms with Crippen LogP contribution in [-0.4, -0.2) is 24.5 Å². The van der Waals surface area contributed by atoms with Crippen LogP contribution >= 0.6 is 0 Å². The third kappa shape index (κ3) is 3.30. The van der Waals surface area contributed by atoms with Gasteiger partial charge in [0.15, 0.2) is 0 Å². The van der Waals surface area contributed by atoms with E-state index in [2.05, 4.69) is 18.2 Å². The fourth-order valence-electron chi connectivity index (χ4n) is 2.95. The number of carbonyl (C=O) groups is 1. The van der Waals surface area contributed by atoms with Gasteiger partial charge in [-0.15, -0.1) is 0 Å². The molecule has 0 N–H and O–H groups in total. The summed E-state index contributed by atoms with van der Waals surface area (Å²) in [7, 11) is 1.66. The second-order valence-electron chi connectivity index (χ2n) is 5.69. The van der Waals surface area contributed by atoms with E-state index in [1.54, 1.807) is 7.11 Å². The second kappa shape index (κ2) is 6.65. The smallest absolute Gasteiger partial charge is 0.223 e. The summed E-state index contributed by atoms with van der Waals surface area (Å²) in [5.74, 6) is 1.08. The molecule has 114 valence electrons. The Hall–Kier alpha value is -2.29. The van der Waals surface area contributed by atoms with Crippen LogP contribution in [0.1, 0.15) is 23.1 Å². The Morgan fingerprint density at radius 1 is 1.14 bits per heavy atom. The van der Waals surface area contributed by atoms with Crippen LogP contribution in [0.15, 0.2) is 48.5 Å². The van der Waals surface area contributed by atoms with E-state index in [1.165, 1.54) is 11.1 Å². The van der Waals surface area contributed by atoms with Crippen LogP contribution in [0, 0.1) is 0 Å². The fraction of sp³-hybridized carbons (Fsp3) is 0.316. The Bertz CT molecular complexity index is 666. The molecule has 0 aromatic heterocycles. The molecule has 0 bridgehead atoms. The van der Waals surface area contributed by atoms with Gasteiger partial charge in [0.25, 0.3) is 0 Å².